The molecular formula is C18H17N5O2. The number of pyridine rings is 1. The van der Waals surface area contributed by atoms with Crippen molar-refractivity contribution in [1.29, 1.82) is 0 Å². The average molecular weight is 335 g/mol. The molecule has 1 aromatic carbocycles. The molecule has 3 heterocycles. The second kappa shape index (κ2) is 5.71. The van der Waals surface area contributed by atoms with Gasteiger partial charge in [-0.3, -0.25) is 9.20 Å². The summed E-state index contributed by atoms with van der Waals surface area (Å²) in [6.45, 7) is 1.55. The van der Waals surface area contributed by atoms with E-state index < -0.39 is 6.61 Å². The number of aromatic nitrogens is 4. The van der Waals surface area contributed by atoms with Gasteiger partial charge in [0, 0.05) is 18.9 Å². The van der Waals surface area contributed by atoms with Crippen molar-refractivity contribution in [2.24, 2.45) is 7.05 Å². The number of nitrogens with one attached hydrogen (secondary N) is 1. The molecule has 2 N–H and O–H groups in total. The van der Waals surface area contributed by atoms with E-state index >= 15 is 0 Å². The minimum atomic E-state index is -0.392. The lowest BCUT2D eigenvalue weighted by molar-refractivity contribution is 0.280. The molecule has 0 aliphatic carbocycles. The van der Waals surface area contributed by atoms with E-state index in [0.717, 1.165) is 22.3 Å². The quantitative estimate of drug-likeness (QED) is 0.599. The fourth-order valence-electron chi connectivity index (χ4n) is 2.87. The van der Waals surface area contributed by atoms with Gasteiger partial charge in [0.1, 0.15) is 11.5 Å². The normalized spacial score (nSPS) is 11.3. The molecule has 7 heteroatoms. The second-order valence-corrected chi connectivity index (χ2v) is 6.02. The Bertz CT molecular complexity index is 1160. The molecule has 4 rings (SSSR count). The number of aliphatic hydroxyl groups excluding tert-OH is 1. The minimum Gasteiger partial charge on any atom is -0.391 e. The molecule has 0 fully saturated rings. The number of benzene rings is 1. The van der Waals surface area contributed by atoms with Crippen molar-refractivity contribution in [2.45, 2.75) is 13.5 Å². The summed E-state index contributed by atoms with van der Waals surface area (Å²) >= 11 is 0. The average Bonchev–Trinajstić information content (AvgIpc) is 2.95. The van der Waals surface area contributed by atoms with E-state index in [1.807, 2.05) is 48.9 Å². The molecule has 0 spiro atoms. The Hall–Kier alpha value is -3.19. The maximum atomic E-state index is 12.6. The van der Waals surface area contributed by atoms with Crippen molar-refractivity contribution in [3.63, 3.8) is 0 Å². The summed E-state index contributed by atoms with van der Waals surface area (Å²) < 4.78 is 3.37. The van der Waals surface area contributed by atoms with Crippen molar-refractivity contribution in [2.75, 3.05) is 5.32 Å². The third kappa shape index (κ3) is 2.54. The zero-order chi connectivity index (χ0) is 17.6. The SMILES string of the molecule is Cc1ccn2c(=O)c(CO)c(Nc3ccc4c(c3)ncn4C)nc2c1. The Labute approximate surface area is 143 Å². The maximum absolute atomic E-state index is 12.6. The van der Waals surface area contributed by atoms with Gasteiger partial charge in [-0.2, -0.15) is 0 Å². The molecule has 3 aromatic heterocycles. The van der Waals surface area contributed by atoms with Gasteiger partial charge < -0.3 is 15.0 Å². The van der Waals surface area contributed by atoms with Crippen LogP contribution in [-0.2, 0) is 13.7 Å². The molecule has 0 aliphatic rings. The highest BCUT2D eigenvalue weighted by atomic mass is 16.3. The van der Waals surface area contributed by atoms with Crippen molar-refractivity contribution in [3.05, 3.63) is 64.3 Å². The van der Waals surface area contributed by atoms with Crippen LogP contribution in [0.25, 0.3) is 16.7 Å². The highest BCUT2D eigenvalue weighted by Crippen LogP contribution is 2.22. The van der Waals surface area contributed by atoms with E-state index in [9.17, 15) is 9.90 Å². The first-order valence-corrected chi connectivity index (χ1v) is 7.87. The number of hydrogen-bond donors (Lipinski definition) is 2. The summed E-state index contributed by atoms with van der Waals surface area (Å²) in [4.78, 5) is 21.4. The molecule has 0 atom stereocenters. The van der Waals surface area contributed by atoms with Gasteiger partial charge in [-0.1, -0.05) is 0 Å². The molecule has 0 saturated heterocycles. The largest absolute Gasteiger partial charge is 0.391 e. The lowest BCUT2D eigenvalue weighted by Crippen LogP contribution is -2.22. The van der Waals surface area contributed by atoms with Crippen LogP contribution in [0.4, 0.5) is 11.5 Å². The fourth-order valence-corrected chi connectivity index (χ4v) is 2.87. The Kier molecular flexibility index (Phi) is 3.51. The van der Waals surface area contributed by atoms with Crippen LogP contribution in [0, 0.1) is 6.92 Å². The smallest absolute Gasteiger partial charge is 0.265 e. The first-order valence-electron chi connectivity index (χ1n) is 7.87. The fraction of sp³-hybridized carbons (Fsp3) is 0.167. The number of rotatable bonds is 3. The molecule has 0 amide bonds. The first-order chi connectivity index (χ1) is 12.1. The first kappa shape index (κ1) is 15.3. The predicted octanol–water partition coefficient (Wildman–Crippen LogP) is 2.13. The van der Waals surface area contributed by atoms with Gasteiger partial charge in [0.25, 0.3) is 5.56 Å². The zero-order valence-electron chi connectivity index (χ0n) is 13.9. The monoisotopic (exact) mass is 335 g/mol. The molecule has 126 valence electrons. The van der Waals surface area contributed by atoms with Gasteiger partial charge in [0.15, 0.2) is 0 Å². The van der Waals surface area contributed by atoms with Crippen LogP contribution in [-0.4, -0.2) is 24.0 Å². The van der Waals surface area contributed by atoms with Crippen LogP contribution in [0.15, 0.2) is 47.7 Å². The van der Waals surface area contributed by atoms with Gasteiger partial charge in [-0.05, 0) is 42.8 Å². The summed E-state index contributed by atoms with van der Waals surface area (Å²) in [5, 5.41) is 12.8. The Balaban J connectivity index is 1.85. The van der Waals surface area contributed by atoms with E-state index in [1.54, 1.807) is 12.5 Å². The zero-order valence-corrected chi connectivity index (χ0v) is 13.9. The van der Waals surface area contributed by atoms with Gasteiger partial charge in [-0.15, -0.1) is 0 Å². The van der Waals surface area contributed by atoms with Crippen molar-refractivity contribution in [1.82, 2.24) is 18.9 Å². The number of imidazole rings is 1. The number of nitrogens with zero attached hydrogens (tertiary/aromatic N) is 4. The lowest BCUT2D eigenvalue weighted by atomic mass is 10.2. The number of aryl methyl sites for hydroxylation is 2. The Morgan fingerprint density at radius 1 is 1.24 bits per heavy atom. The number of fused-ring (bicyclic) bond motifs is 2. The number of hydrogen-bond acceptors (Lipinski definition) is 5. The summed E-state index contributed by atoms with van der Waals surface area (Å²) in [5.74, 6) is 0.355. The Morgan fingerprint density at radius 3 is 2.88 bits per heavy atom. The van der Waals surface area contributed by atoms with E-state index in [-0.39, 0.29) is 11.1 Å². The third-order valence-corrected chi connectivity index (χ3v) is 4.23. The molecule has 0 unspecified atom stereocenters. The summed E-state index contributed by atoms with van der Waals surface area (Å²) in [6, 6.07) is 9.39. The number of aliphatic hydroxyl groups is 1. The maximum Gasteiger partial charge on any atom is 0.265 e. The molecule has 25 heavy (non-hydrogen) atoms. The van der Waals surface area contributed by atoms with Crippen LogP contribution in [0.1, 0.15) is 11.1 Å². The third-order valence-electron chi connectivity index (χ3n) is 4.23. The minimum absolute atomic E-state index is 0.225. The van der Waals surface area contributed by atoms with Crippen LogP contribution < -0.4 is 10.9 Å². The molecule has 4 aromatic rings. The molecule has 0 bridgehead atoms. The van der Waals surface area contributed by atoms with Crippen molar-refractivity contribution < 1.29 is 5.11 Å². The molecular weight excluding hydrogens is 318 g/mol. The summed E-state index contributed by atoms with van der Waals surface area (Å²) in [7, 11) is 1.93. The van der Waals surface area contributed by atoms with E-state index in [0.29, 0.717) is 11.5 Å². The van der Waals surface area contributed by atoms with Crippen LogP contribution in [0.2, 0.25) is 0 Å². The van der Waals surface area contributed by atoms with E-state index in [4.69, 9.17) is 0 Å². The second-order valence-electron chi connectivity index (χ2n) is 6.02. The van der Waals surface area contributed by atoms with E-state index in [1.165, 1.54) is 4.40 Å². The van der Waals surface area contributed by atoms with Gasteiger partial charge in [-0.25, -0.2) is 9.97 Å². The molecule has 0 saturated carbocycles. The van der Waals surface area contributed by atoms with Crippen LogP contribution in [0.5, 0.6) is 0 Å². The van der Waals surface area contributed by atoms with Crippen molar-refractivity contribution in [3.8, 4) is 0 Å². The van der Waals surface area contributed by atoms with Gasteiger partial charge in [0.05, 0.1) is 29.5 Å². The predicted molar refractivity (Wildman–Crippen MR) is 96.1 cm³/mol. The number of anilines is 2. The topological polar surface area (TPSA) is 84.5 Å². The van der Waals surface area contributed by atoms with Gasteiger partial charge in [0.2, 0.25) is 0 Å². The summed E-state index contributed by atoms with van der Waals surface area (Å²) in [6.07, 6.45) is 3.42. The molecule has 7 nitrogen and oxygen atoms in total. The van der Waals surface area contributed by atoms with Crippen LogP contribution >= 0.6 is 0 Å². The van der Waals surface area contributed by atoms with Crippen molar-refractivity contribution >= 4 is 28.2 Å². The standard InChI is InChI=1S/C18H17N5O2/c1-11-5-6-23-16(7-11)21-17(13(9-24)18(23)25)20-12-3-4-15-14(8-12)19-10-22(15)2/h3-8,10,20,24H,9H2,1-2H3. The lowest BCUT2D eigenvalue weighted by Gasteiger charge is -2.12. The van der Waals surface area contributed by atoms with Gasteiger partial charge >= 0.3 is 0 Å². The van der Waals surface area contributed by atoms with Crippen LogP contribution in [0.3, 0.4) is 0 Å². The molecule has 0 aliphatic heterocycles. The summed E-state index contributed by atoms with van der Waals surface area (Å²) in [5.41, 5.74) is 4.08. The van der Waals surface area contributed by atoms with E-state index in [2.05, 4.69) is 15.3 Å². The highest BCUT2D eigenvalue weighted by Gasteiger charge is 2.13. The highest BCUT2D eigenvalue weighted by molar-refractivity contribution is 5.80. The Morgan fingerprint density at radius 2 is 2.08 bits per heavy atom. The molecule has 0 radical (unpaired) electrons.